The van der Waals surface area contributed by atoms with Crippen LogP contribution in [0.4, 0.5) is 0 Å². The first kappa shape index (κ1) is 26.8. The predicted molar refractivity (Wildman–Crippen MR) is 171 cm³/mol. The van der Waals surface area contributed by atoms with Crippen molar-refractivity contribution in [1.29, 1.82) is 0 Å². The van der Waals surface area contributed by atoms with Gasteiger partial charge in [-0.1, -0.05) is 166 Å². The van der Waals surface area contributed by atoms with Gasteiger partial charge in [0.25, 0.3) is 0 Å². The normalized spacial score (nSPS) is 14.6. The molecule has 5 aromatic carbocycles. The van der Waals surface area contributed by atoms with Gasteiger partial charge in [0.05, 0.1) is 0 Å². The first-order chi connectivity index (χ1) is 18.6. The van der Waals surface area contributed by atoms with Crippen molar-refractivity contribution in [3.05, 3.63) is 152 Å². The molecule has 2 unspecified atom stereocenters. The lowest BCUT2D eigenvalue weighted by atomic mass is 10.4. The molecule has 4 heteroatoms. The molecule has 0 bridgehead atoms. The molecule has 190 valence electrons. The van der Waals surface area contributed by atoms with Gasteiger partial charge in [0.2, 0.25) is 0 Å². The fourth-order valence-electron chi connectivity index (χ4n) is 5.26. The molecular weight excluding hydrogens is 517 g/mol. The second-order valence-electron chi connectivity index (χ2n) is 9.39. The maximum absolute atomic E-state index is 16.0. The van der Waals surface area contributed by atoms with E-state index in [0.717, 1.165) is 5.30 Å². The largest absolute Gasteiger partial charge is 0.317 e. The van der Waals surface area contributed by atoms with Crippen molar-refractivity contribution in [2.45, 2.75) is 24.6 Å². The van der Waals surface area contributed by atoms with Crippen molar-refractivity contribution < 1.29 is 4.57 Å². The van der Waals surface area contributed by atoms with Gasteiger partial charge >= 0.3 is 0 Å². The van der Waals surface area contributed by atoms with Gasteiger partial charge in [0.15, 0.2) is 0 Å². The number of hydrogen-bond donors (Lipinski definition) is 0. The average Bonchev–Trinajstić information content (AvgIpc) is 2.99. The summed E-state index contributed by atoms with van der Waals surface area (Å²) in [6.45, 7) is 4.50. The van der Waals surface area contributed by atoms with Gasteiger partial charge in [-0.3, -0.25) is 0 Å². The monoisotopic (exact) mass is 550 g/mol. The van der Waals surface area contributed by atoms with Gasteiger partial charge in [-0.15, -0.1) is 0 Å². The lowest BCUT2D eigenvalue weighted by molar-refractivity contribution is 0.579. The molecule has 0 aromatic heterocycles. The summed E-state index contributed by atoms with van der Waals surface area (Å²) >= 11 is 0. The molecule has 2 atom stereocenters. The van der Waals surface area contributed by atoms with Crippen LogP contribution in [0.15, 0.2) is 152 Å². The maximum Gasteiger partial charge on any atom is 0.130 e. The predicted octanol–water partition coefficient (Wildman–Crippen LogP) is 7.63. The Morgan fingerprint density at radius 2 is 0.658 bits per heavy atom. The van der Waals surface area contributed by atoms with E-state index in [1.54, 1.807) is 0 Å². The number of rotatable bonds is 9. The molecule has 0 spiro atoms. The van der Waals surface area contributed by atoms with Crippen LogP contribution in [0, 0.1) is 0 Å². The lowest BCUT2D eigenvalue weighted by Crippen LogP contribution is -2.30. The summed E-state index contributed by atoms with van der Waals surface area (Å²) in [5.74, 6) is 0. The summed E-state index contributed by atoms with van der Waals surface area (Å²) in [4.78, 5) is 0. The molecule has 0 aliphatic carbocycles. The zero-order chi connectivity index (χ0) is 26.4. The molecule has 0 N–H and O–H groups in total. The van der Waals surface area contributed by atoms with Crippen LogP contribution in [0.3, 0.4) is 0 Å². The lowest BCUT2D eigenvalue weighted by Gasteiger charge is -2.40. The zero-order valence-corrected chi connectivity index (χ0v) is 24.5. The molecule has 38 heavy (non-hydrogen) atoms. The average molecular weight is 551 g/mol. The SMILES string of the molecule is CC(P(c1ccccc1)c1ccccc1)P(=O)(c1ccccc1)C(C)P(c1ccccc1)c1ccccc1. The minimum Gasteiger partial charge on any atom is -0.317 e. The van der Waals surface area contributed by atoms with Gasteiger partial charge in [-0.05, 0) is 37.1 Å². The van der Waals surface area contributed by atoms with Crippen LogP contribution in [-0.2, 0) is 4.57 Å². The molecule has 0 aliphatic rings. The molecule has 0 heterocycles. The van der Waals surface area contributed by atoms with Crippen molar-refractivity contribution in [2.24, 2.45) is 0 Å². The Bertz CT molecular complexity index is 1290. The van der Waals surface area contributed by atoms with Crippen molar-refractivity contribution in [1.82, 2.24) is 0 Å². The van der Waals surface area contributed by atoms with Crippen LogP contribution in [0.25, 0.3) is 0 Å². The van der Waals surface area contributed by atoms with Crippen molar-refractivity contribution >= 4 is 49.5 Å². The van der Waals surface area contributed by atoms with E-state index in [2.05, 4.69) is 147 Å². The third-order valence-electron chi connectivity index (χ3n) is 7.15. The fraction of sp³-hybridized carbons (Fsp3) is 0.118. The Morgan fingerprint density at radius 3 is 0.921 bits per heavy atom. The van der Waals surface area contributed by atoms with Crippen molar-refractivity contribution in [2.75, 3.05) is 0 Å². The van der Waals surface area contributed by atoms with Crippen LogP contribution in [0.1, 0.15) is 13.8 Å². The minimum atomic E-state index is -2.97. The Kier molecular flexibility index (Phi) is 8.72. The highest BCUT2D eigenvalue weighted by Gasteiger charge is 2.45. The smallest absolute Gasteiger partial charge is 0.130 e. The first-order valence-electron chi connectivity index (χ1n) is 13.0. The van der Waals surface area contributed by atoms with E-state index in [0.29, 0.717) is 0 Å². The topological polar surface area (TPSA) is 17.1 Å². The Balaban J connectivity index is 1.72. The van der Waals surface area contributed by atoms with E-state index in [1.807, 2.05) is 18.2 Å². The minimum absolute atomic E-state index is 0.0443. The first-order valence-corrected chi connectivity index (χ1v) is 17.7. The van der Waals surface area contributed by atoms with Crippen molar-refractivity contribution in [3.8, 4) is 0 Å². The van der Waals surface area contributed by atoms with E-state index < -0.39 is 23.0 Å². The third-order valence-corrected chi connectivity index (χ3v) is 18.8. The van der Waals surface area contributed by atoms with Gasteiger partial charge in [0.1, 0.15) is 7.14 Å². The highest BCUT2D eigenvalue weighted by molar-refractivity contribution is 7.96. The summed E-state index contributed by atoms with van der Waals surface area (Å²) in [5.41, 5.74) is 0. The quantitative estimate of drug-likeness (QED) is 0.173. The molecule has 0 saturated heterocycles. The summed E-state index contributed by atoms with van der Waals surface area (Å²) in [6, 6.07) is 53.2. The molecule has 0 fully saturated rings. The molecular formula is C34H33OP3. The molecule has 0 amide bonds. The highest BCUT2D eigenvalue weighted by atomic mass is 31.2. The van der Waals surface area contributed by atoms with E-state index in [9.17, 15) is 0 Å². The van der Waals surface area contributed by atoms with E-state index >= 15 is 4.57 Å². The summed E-state index contributed by atoms with van der Waals surface area (Å²) in [7, 11) is -4.71. The summed E-state index contributed by atoms with van der Waals surface area (Å²) in [5, 5.41) is 5.98. The van der Waals surface area contributed by atoms with Crippen LogP contribution in [0.5, 0.6) is 0 Å². The second-order valence-corrected chi connectivity index (χ2v) is 18.8. The molecule has 0 saturated carbocycles. The molecule has 0 aliphatic heterocycles. The zero-order valence-electron chi connectivity index (χ0n) is 21.8. The Labute approximate surface area is 229 Å². The Morgan fingerprint density at radius 1 is 0.421 bits per heavy atom. The van der Waals surface area contributed by atoms with Gasteiger partial charge in [-0.2, -0.15) is 0 Å². The van der Waals surface area contributed by atoms with E-state index in [-0.39, 0.29) is 10.8 Å². The molecule has 5 aromatic rings. The van der Waals surface area contributed by atoms with E-state index in [1.165, 1.54) is 21.2 Å². The van der Waals surface area contributed by atoms with Crippen LogP contribution in [-0.4, -0.2) is 10.8 Å². The summed E-state index contributed by atoms with van der Waals surface area (Å²) in [6.07, 6.45) is 0. The standard InChI is InChI=1S/C34H33OP3/c1-28(36(30-18-8-3-9-19-30)31-20-10-4-11-21-31)38(35,34-26-16-7-17-27-34)29(2)37(32-22-12-5-13-23-32)33-24-14-6-15-25-33/h3-29H,1-2H3. The summed E-state index contributed by atoms with van der Waals surface area (Å²) < 4.78 is 16.0. The van der Waals surface area contributed by atoms with Gasteiger partial charge in [-0.25, -0.2) is 0 Å². The molecule has 0 radical (unpaired) electrons. The number of benzene rings is 5. The van der Waals surface area contributed by atoms with Crippen LogP contribution < -0.4 is 26.5 Å². The molecule has 1 nitrogen and oxygen atoms in total. The Hall–Kier alpha value is -2.81. The van der Waals surface area contributed by atoms with Gasteiger partial charge < -0.3 is 4.57 Å². The second kappa shape index (κ2) is 12.4. The highest BCUT2D eigenvalue weighted by Crippen LogP contribution is 2.70. The number of hydrogen-bond acceptors (Lipinski definition) is 1. The maximum atomic E-state index is 16.0. The van der Waals surface area contributed by atoms with Crippen LogP contribution in [0.2, 0.25) is 0 Å². The fourth-order valence-corrected chi connectivity index (χ4v) is 18.3. The third kappa shape index (κ3) is 5.48. The van der Waals surface area contributed by atoms with Crippen molar-refractivity contribution in [3.63, 3.8) is 0 Å². The van der Waals surface area contributed by atoms with Crippen LogP contribution >= 0.6 is 23.0 Å². The van der Waals surface area contributed by atoms with Gasteiger partial charge in [0, 0.05) is 16.1 Å². The van der Waals surface area contributed by atoms with E-state index in [4.69, 9.17) is 0 Å². The molecule has 5 rings (SSSR count).